The summed E-state index contributed by atoms with van der Waals surface area (Å²) >= 11 is 0. The number of benzene rings is 1. The normalized spacial score (nSPS) is 18.7. The van der Waals surface area contributed by atoms with Gasteiger partial charge in [0.1, 0.15) is 11.4 Å². The van der Waals surface area contributed by atoms with Crippen LogP contribution in [0.1, 0.15) is 48.4 Å². The van der Waals surface area contributed by atoms with Gasteiger partial charge in [0.2, 0.25) is 11.9 Å². The summed E-state index contributed by atoms with van der Waals surface area (Å²) < 4.78 is 4.09. The topological polar surface area (TPSA) is 61.8 Å². The van der Waals surface area contributed by atoms with E-state index in [4.69, 9.17) is 4.99 Å². The molecule has 2 aromatic rings. The molecule has 0 bridgehead atoms. The van der Waals surface area contributed by atoms with Crippen LogP contribution in [0, 0.1) is 20.8 Å². The Kier molecular flexibility index (Phi) is 4.14. The maximum atomic E-state index is 13.4. The van der Waals surface area contributed by atoms with Crippen LogP contribution in [0.25, 0.3) is 0 Å². The molecule has 0 saturated carbocycles. The molecule has 3 heterocycles. The van der Waals surface area contributed by atoms with Crippen molar-refractivity contribution in [2.45, 2.75) is 53.2 Å². The Morgan fingerprint density at radius 1 is 1.11 bits per heavy atom. The third kappa shape index (κ3) is 2.49. The van der Waals surface area contributed by atoms with Crippen molar-refractivity contribution in [1.29, 1.82) is 0 Å². The minimum absolute atomic E-state index is 0.208. The van der Waals surface area contributed by atoms with Crippen LogP contribution in [0.2, 0.25) is 0 Å². The Hall–Kier alpha value is -2.96. The fourth-order valence-corrected chi connectivity index (χ4v) is 4.10. The maximum absolute atomic E-state index is 13.4. The first-order valence-corrected chi connectivity index (χ1v) is 9.58. The van der Waals surface area contributed by atoms with E-state index in [1.807, 2.05) is 49.6 Å². The van der Waals surface area contributed by atoms with Crippen LogP contribution in [-0.2, 0) is 11.3 Å². The van der Waals surface area contributed by atoms with Crippen molar-refractivity contribution >= 4 is 23.7 Å². The van der Waals surface area contributed by atoms with E-state index in [1.54, 1.807) is 7.05 Å². The number of rotatable bonds is 3. The molecule has 7 nitrogen and oxygen atoms in total. The Balaban J connectivity index is 1.77. The molecule has 7 heteroatoms. The van der Waals surface area contributed by atoms with E-state index in [0.717, 1.165) is 28.5 Å². The quantitative estimate of drug-likeness (QED) is 0.769. The highest BCUT2D eigenvalue weighted by atomic mass is 16.2. The maximum Gasteiger partial charge on any atom is 0.402 e. The van der Waals surface area contributed by atoms with Gasteiger partial charge in [-0.15, -0.1) is 0 Å². The van der Waals surface area contributed by atoms with Crippen molar-refractivity contribution in [3.05, 3.63) is 46.8 Å². The summed E-state index contributed by atoms with van der Waals surface area (Å²) in [4.78, 5) is 33.9. The van der Waals surface area contributed by atoms with E-state index < -0.39 is 6.04 Å². The van der Waals surface area contributed by atoms with Crippen LogP contribution in [-0.4, -0.2) is 39.2 Å². The molecular formula is C21H26N5O2+. The number of carbonyl (C=O) groups excluding carboxylic acids is 2. The molecule has 4 rings (SSSR count). The smallest absolute Gasteiger partial charge is 0.270 e. The number of imidazole rings is 1. The van der Waals surface area contributed by atoms with Crippen molar-refractivity contribution in [1.82, 2.24) is 14.4 Å². The van der Waals surface area contributed by atoms with Crippen LogP contribution in [0.15, 0.2) is 29.3 Å². The van der Waals surface area contributed by atoms with Crippen LogP contribution in [0.5, 0.6) is 0 Å². The first kappa shape index (κ1) is 18.4. The summed E-state index contributed by atoms with van der Waals surface area (Å²) in [5, 5.41) is 0. The minimum atomic E-state index is -0.596. The van der Waals surface area contributed by atoms with Crippen molar-refractivity contribution in [2.24, 2.45) is 4.99 Å². The van der Waals surface area contributed by atoms with Crippen molar-refractivity contribution < 1.29 is 14.2 Å². The van der Waals surface area contributed by atoms with Gasteiger partial charge in [0, 0.05) is 7.05 Å². The molecule has 1 aromatic carbocycles. The minimum Gasteiger partial charge on any atom is -0.270 e. The lowest BCUT2D eigenvalue weighted by Gasteiger charge is -2.33. The summed E-state index contributed by atoms with van der Waals surface area (Å²) in [5.74, 6) is 1.01. The van der Waals surface area contributed by atoms with Crippen molar-refractivity contribution in [2.75, 3.05) is 7.05 Å². The second kappa shape index (κ2) is 6.29. The zero-order valence-electron chi connectivity index (χ0n) is 17.2. The molecule has 146 valence electrons. The molecule has 1 saturated heterocycles. The molecule has 1 fully saturated rings. The molecular weight excluding hydrogens is 354 g/mol. The fourth-order valence-electron chi connectivity index (χ4n) is 4.10. The molecule has 0 N–H and O–H groups in total. The highest BCUT2D eigenvalue weighted by Crippen LogP contribution is 2.33. The Bertz CT molecular complexity index is 1020. The van der Waals surface area contributed by atoms with Gasteiger partial charge in [0.15, 0.2) is 0 Å². The number of aromatic nitrogens is 2. The van der Waals surface area contributed by atoms with Crippen molar-refractivity contribution in [3.63, 3.8) is 0 Å². The van der Waals surface area contributed by atoms with Gasteiger partial charge in [-0.1, -0.05) is 34.8 Å². The van der Waals surface area contributed by atoms with Gasteiger partial charge in [-0.2, -0.15) is 0 Å². The molecule has 0 radical (unpaired) electrons. The van der Waals surface area contributed by atoms with Crippen molar-refractivity contribution in [3.8, 4) is 0 Å². The summed E-state index contributed by atoms with van der Waals surface area (Å²) in [7, 11) is 1.69. The number of amidine groups is 1. The average Bonchev–Trinajstić information content (AvgIpc) is 3.14. The molecule has 2 aliphatic rings. The molecule has 0 spiro atoms. The number of likely N-dealkylation sites (N-methyl/N-ethyl adjacent to an activating group) is 1. The second-order valence-electron chi connectivity index (χ2n) is 7.93. The number of aryl methyl sites for hydroxylation is 1. The standard InChI is InChI=1S/C21H26N5O2/c1-12(2)25-14(4)15(5)26-17-18(22-20(25)26)23(6)21(28)24(19(17)27)11-16-9-7-13(3)8-10-16/h7-10,12,17H,11H2,1-6H3/q+1. The van der Waals surface area contributed by atoms with Gasteiger partial charge in [0.05, 0.1) is 12.6 Å². The Morgan fingerprint density at radius 2 is 1.75 bits per heavy atom. The highest BCUT2D eigenvalue weighted by Gasteiger charge is 2.54. The summed E-state index contributed by atoms with van der Waals surface area (Å²) in [6, 6.07) is 7.17. The monoisotopic (exact) mass is 380 g/mol. The number of fused-ring (bicyclic) bond motifs is 3. The SMILES string of the molecule is Cc1ccc(CN2C(=O)C3C(=Nc4n(C(C)C)c(C)c(C)[n+]43)N(C)C2=O)cc1. The van der Waals surface area contributed by atoms with Gasteiger partial charge < -0.3 is 0 Å². The summed E-state index contributed by atoms with van der Waals surface area (Å²) in [6.45, 7) is 10.5. The number of aliphatic imine (C=N–C) groups is 1. The van der Waals surface area contributed by atoms with Gasteiger partial charge in [-0.05, 0) is 40.2 Å². The Labute approximate surface area is 164 Å². The molecule has 1 atom stereocenters. The van der Waals surface area contributed by atoms with Crippen LogP contribution in [0.4, 0.5) is 10.7 Å². The summed E-state index contributed by atoms with van der Waals surface area (Å²) in [5.41, 5.74) is 4.16. The first-order valence-electron chi connectivity index (χ1n) is 9.58. The lowest BCUT2D eigenvalue weighted by atomic mass is 10.1. The molecule has 1 aromatic heterocycles. The second-order valence-corrected chi connectivity index (χ2v) is 7.93. The largest absolute Gasteiger partial charge is 0.402 e. The fraction of sp³-hybridized carbons (Fsp3) is 0.429. The summed E-state index contributed by atoms with van der Waals surface area (Å²) in [6.07, 6.45) is 0. The number of nitrogens with zero attached hydrogens (tertiary/aromatic N) is 5. The van der Waals surface area contributed by atoms with E-state index >= 15 is 0 Å². The number of imide groups is 1. The van der Waals surface area contributed by atoms with E-state index in [1.165, 1.54) is 9.80 Å². The molecule has 2 aliphatic heterocycles. The molecule has 1 unspecified atom stereocenters. The predicted octanol–water partition coefficient (Wildman–Crippen LogP) is 2.96. The highest BCUT2D eigenvalue weighted by molar-refractivity contribution is 6.19. The van der Waals surface area contributed by atoms with Crippen LogP contribution in [0.3, 0.4) is 0 Å². The molecule has 0 aliphatic carbocycles. The number of carbonyl (C=O) groups is 2. The lowest BCUT2D eigenvalue weighted by molar-refractivity contribution is -0.683. The molecule has 28 heavy (non-hydrogen) atoms. The number of hydrogen-bond donors (Lipinski definition) is 0. The van der Waals surface area contributed by atoms with Gasteiger partial charge in [-0.25, -0.2) is 13.9 Å². The zero-order valence-corrected chi connectivity index (χ0v) is 17.2. The van der Waals surface area contributed by atoms with E-state index in [9.17, 15) is 9.59 Å². The van der Waals surface area contributed by atoms with E-state index in [2.05, 4.69) is 18.4 Å². The number of urea groups is 1. The number of amides is 3. The van der Waals surface area contributed by atoms with E-state index in [0.29, 0.717) is 5.84 Å². The average molecular weight is 380 g/mol. The third-order valence-corrected chi connectivity index (χ3v) is 5.73. The first-order chi connectivity index (χ1) is 13.2. The predicted molar refractivity (Wildman–Crippen MR) is 106 cm³/mol. The lowest BCUT2D eigenvalue weighted by Crippen LogP contribution is -2.63. The van der Waals surface area contributed by atoms with E-state index in [-0.39, 0.29) is 24.5 Å². The van der Waals surface area contributed by atoms with Crippen LogP contribution >= 0.6 is 0 Å². The van der Waals surface area contributed by atoms with Crippen LogP contribution < -0.4 is 4.57 Å². The van der Waals surface area contributed by atoms with Gasteiger partial charge in [-0.3, -0.25) is 14.6 Å². The molecule has 3 amide bonds. The number of hydrogen-bond acceptors (Lipinski definition) is 3. The zero-order chi connectivity index (χ0) is 20.3. The Morgan fingerprint density at radius 3 is 2.36 bits per heavy atom. The van der Waals surface area contributed by atoms with Gasteiger partial charge in [0.25, 0.3) is 5.91 Å². The third-order valence-electron chi connectivity index (χ3n) is 5.73. The van der Waals surface area contributed by atoms with Gasteiger partial charge >= 0.3 is 12.0 Å².